The van der Waals surface area contributed by atoms with Crippen molar-refractivity contribution in [2.24, 2.45) is 10.8 Å². The number of carbonyl (C=O) groups excluding carboxylic acids is 4. The van der Waals surface area contributed by atoms with Gasteiger partial charge in [0.05, 0.1) is 36.0 Å². The number of nitrogens with zero attached hydrogens (tertiary/aromatic N) is 4. The highest BCUT2D eigenvalue weighted by Gasteiger charge is 2.53. The molecule has 0 N–H and O–H groups in total. The van der Waals surface area contributed by atoms with Crippen LogP contribution in [-0.4, -0.2) is 95.1 Å². The van der Waals surface area contributed by atoms with Gasteiger partial charge in [0.2, 0.25) is 11.8 Å². The first-order valence-corrected chi connectivity index (χ1v) is 25.8. The fraction of sp³-hybridized carbons (Fsp3) is 0.429. The lowest BCUT2D eigenvalue weighted by Gasteiger charge is -2.52. The van der Waals surface area contributed by atoms with Gasteiger partial charge >= 0.3 is 12.2 Å². The highest BCUT2D eigenvalue weighted by Crippen LogP contribution is 2.54. The predicted molar refractivity (Wildman–Crippen MR) is 280 cm³/mol. The van der Waals surface area contributed by atoms with Crippen molar-refractivity contribution in [3.8, 4) is 0 Å². The Balaban J connectivity index is 0.000000206. The van der Waals surface area contributed by atoms with Gasteiger partial charge in [0, 0.05) is 57.1 Å². The Morgan fingerprint density at radius 2 is 0.943 bits per heavy atom. The number of likely N-dealkylation sites (tertiary alicyclic amines) is 2. The summed E-state index contributed by atoms with van der Waals surface area (Å²) < 4.78 is 10.3. The third kappa shape index (κ3) is 11.5. The maximum atomic E-state index is 14.3. The van der Waals surface area contributed by atoms with Crippen molar-refractivity contribution in [2.75, 3.05) is 39.4 Å². The molecule has 0 bridgehead atoms. The minimum absolute atomic E-state index is 0.00268. The number of hydrogen-bond acceptors (Lipinski definition) is 6. The molecule has 4 aromatic carbocycles. The molecule has 4 aromatic rings. The van der Waals surface area contributed by atoms with Gasteiger partial charge in [-0.2, -0.15) is 0 Å². The highest BCUT2D eigenvalue weighted by atomic mass is 35.5. The van der Waals surface area contributed by atoms with E-state index in [4.69, 9.17) is 55.9 Å². The average Bonchev–Trinajstić information content (AvgIpc) is 3.95. The minimum Gasteiger partial charge on any atom is -0.448 e. The van der Waals surface area contributed by atoms with Crippen LogP contribution in [0.2, 0.25) is 20.1 Å². The number of amides is 4. The van der Waals surface area contributed by atoms with Crippen molar-refractivity contribution in [2.45, 2.75) is 102 Å². The van der Waals surface area contributed by atoms with Gasteiger partial charge in [0.25, 0.3) is 0 Å². The van der Waals surface area contributed by atoms with Gasteiger partial charge in [-0.25, -0.2) is 9.59 Å². The molecule has 0 aromatic heterocycles. The Bertz CT molecular complexity index is 2350. The number of carbonyl (C=O) groups is 4. The number of piperidine rings is 2. The van der Waals surface area contributed by atoms with E-state index in [0.29, 0.717) is 98.0 Å². The molecule has 0 saturated carbocycles. The van der Waals surface area contributed by atoms with Crippen LogP contribution in [-0.2, 0) is 19.1 Å². The molecule has 4 aliphatic rings. The molecular weight excluding hydrogens is 966 g/mol. The van der Waals surface area contributed by atoms with E-state index in [2.05, 4.69) is 39.1 Å². The molecule has 14 heteroatoms. The van der Waals surface area contributed by atoms with E-state index < -0.39 is 10.8 Å². The fourth-order valence-electron chi connectivity index (χ4n) is 11.1. The zero-order chi connectivity index (χ0) is 50.3. The lowest BCUT2D eigenvalue weighted by molar-refractivity contribution is -0.155. The van der Waals surface area contributed by atoms with E-state index in [1.807, 2.05) is 121 Å². The van der Waals surface area contributed by atoms with E-state index in [1.54, 1.807) is 9.80 Å². The molecule has 4 amide bonds. The van der Waals surface area contributed by atoms with Crippen molar-refractivity contribution in [3.05, 3.63) is 165 Å². The lowest BCUT2D eigenvalue weighted by Crippen LogP contribution is -2.57. The molecular formula is C56H64Cl4N4O6. The van der Waals surface area contributed by atoms with Crippen molar-refractivity contribution < 1.29 is 28.7 Å². The molecule has 0 spiro atoms. The molecule has 8 rings (SSSR count). The molecule has 4 aliphatic heterocycles. The zero-order valence-corrected chi connectivity index (χ0v) is 43.5. The third-order valence-corrected chi connectivity index (χ3v) is 15.6. The van der Waals surface area contributed by atoms with Gasteiger partial charge in [0.1, 0.15) is 13.2 Å². The monoisotopic (exact) mass is 1030 g/mol. The van der Waals surface area contributed by atoms with Crippen LogP contribution in [0.15, 0.2) is 122 Å². The molecule has 4 fully saturated rings. The molecule has 4 heterocycles. The number of rotatable bonds is 16. The van der Waals surface area contributed by atoms with Crippen molar-refractivity contribution in [3.63, 3.8) is 0 Å². The van der Waals surface area contributed by atoms with Crippen LogP contribution in [0.4, 0.5) is 9.59 Å². The third-order valence-electron chi connectivity index (χ3n) is 14.7. The highest BCUT2D eigenvalue weighted by molar-refractivity contribution is 6.31. The first-order valence-electron chi connectivity index (χ1n) is 24.3. The maximum Gasteiger partial charge on any atom is 0.410 e. The SMILES string of the molecule is C=CC[C@@]1(C)C[C@H](c2cccc(Cl)c2)[C@@H](c2ccc(Cl)cc2)N([C@@H](CC)CN2CCOC2=O)C1=O.C=CC[C@@]1(C)C[C@H](c2cccc(Cl)c2)[C@@H](c2ccc(Cl)cc2)N([C@H](CC)CN2CCOC2=O)C1=O. The van der Waals surface area contributed by atoms with Gasteiger partial charge in [-0.05, 0) is 109 Å². The summed E-state index contributed by atoms with van der Waals surface area (Å²) in [5.41, 5.74) is 2.93. The summed E-state index contributed by atoms with van der Waals surface area (Å²) in [6, 6.07) is 30.4. The first kappa shape index (κ1) is 52.8. The van der Waals surface area contributed by atoms with E-state index in [-0.39, 0.29) is 60.0 Å². The second kappa shape index (κ2) is 23.0. The van der Waals surface area contributed by atoms with Crippen molar-refractivity contribution in [1.82, 2.24) is 19.6 Å². The Hall–Kier alpha value is -5.00. The van der Waals surface area contributed by atoms with Gasteiger partial charge in [-0.3, -0.25) is 9.59 Å². The summed E-state index contributed by atoms with van der Waals surface area (Å²) in [6.45, 7) is 18.7. The first-order chi connectivity index (χ1) is 33.5. The number of cyclic esters (lactones) is 2. The minimum atomic E-state index is -0.628. The van der Waals surface area contributed by atoms with Gasteiger partial charge < -0.3 is 29.1 Å². The van der Waals surface area contributed by atoms with E-state index in [1.165, 1.54) is 0 Å². The van der Waals surface area contributed by atoms with Crippen molar-refractivity contribution >= 4 is 70.4 Å². The summed E-state index contributed by atoms with van der Waals surface area (Å²) in [5.74, 6) is 0.152. The summed E-state index contributed by atoms with van der Waals surface area (Å²) in [6.07, 6.45) is 6.85. The summed E-state index contributed by atoms with van der Waals surface area (Å²) in [7, 11) is 0. The number of hydrogen-bond donors (Lipinski definition) is 0. The van der Waals surface area contributed by atoms with Gasteiger partial charge in [-0.1, -0.05) is 135 Å². The van der Waals surface area contributed by atoms with Crippen molar-refractivity contribution in [1.29, 1.82) is 0 Å². The maximum absolute atomic E-state index is 14.3. The molecule has 372 valence electrons. The van der Waals surface area contributed by atoms with Crippen LogP contribution in [0.1, 0.15) is 112 Å². The number of allylic oxidation sites excluding steroid dienone is 2. The summed E-state index contributed by atoms with van der Waals surface area (Å²) in [4.78, 5) is 60.6. The van der Waals surface area contributed by atoms with Crippen LogP contribution >= 0.6 is 46.4 Å². The second-order valence-corrected chi connectivity index (χ2v) is 21.2. The molecule has 0 aliphatic carbocycles. The van der Waals surface area contributed by atoms with Gasteiger partial charge in [0.15, 0.2) is 0 Å². The number of halogens is 4. The second-order valence-electron chi connectivity index (χ2n) is 19.5. The van der Waals surface area contributed by atoms with E-state index >= 15 is 0 Å². The van der Waals surface area contributed by atoms with E-state index in [0.717, 1.165) is 22.3 Å². The topological polar surface area (TPSA) is 99.7 Å². The molecule has 4 saturated heterocycles. The number of benzene rings is 4. The Labute approximate surface area is 433 Å². The van der Waals surface area contributed by atoms with E-state index in [9.17, 15) is 19.2 Å². The number of ether oxygens (including phenoxy) is 2. The van der Waals surface area contributed by atoms with Crippen LogP contribution in [0.3, 0.4) is 0 Å². The average molecular weight is 1030 g/mol. The van der Waals surface area contributed by atoms with Crippen LogP contribution in [0, 0.1) is 10.8 Å². The van der Waals surface area contributed by atoms with Gasteiger partial charge in [-0.15, -0.1) is 13.2 Å². The zero-order valence-electron chi connectivity index (χ0n) is 40.5. The Morgan fingerprint density at radius 1 is 0.571 bits per heavy atom. The Kier molecular flexibility index (Phi) is 17.4. The molecule has 8 atom stereocenters. The largest absolute Gasteiger partial charge is 0.448 e. The molecule has 0 unspecified atom stereocenters. The van der Waals surface area contributed by atoms with Crippen LogP contribution < -0.4 is 0 Å². The Morgan fingerprint density at radius 3 is 1.24 bits per heavy atom. The molecule has 70 heavy (non-hydrogen) atoms. The van der Waals surface area contributed by atoms with Crippen LogP contribution in [0.5, 0.6) is 0 Å². The normalized spacial score (nSPS) is 25.5. The molecule has 0 radical (unpaired) electrons. The molecule has 10 nitrogen and oxygen atoms in total. The van der Waals surface area contributed by atoms with Crippen LogP contribution in [0.25, 0.3) is 0 Å². The summed E-state index contributed by atoms with van der Waals surface area (Å²) in [5, 5.41) is 2.62. The fourth-order valence-corrected chi connectivity index (χ4v) is 11.7. The lowest BCUT2D eigenvalue weighted by atomic mass is 9.67. The standard InChI is InChI=1S/2C28H32Cl2N2O3/c2*1-4-13-28(3)17-24(20-7-6-8-22(30)16-20)25(19-9-11-21(29)12-10-19)32(26(28)33)23(5-2)18-31-14-15-35-27(31)34/h2*4,6-12,16,23-25H,1,5,13-15,17-18H2,2-3H3/t23-,24+,25+,28-;23-,24-,25-,28+/m01/s1. The quantitative estimate of drug-likeness (QED) is 0.104. The summed E-state index contributed by atoms with van der Waals surface area (Å²) >= 11 is 25.3. The smallest absolute Gasteiger partial charge is 0.410 e. The predicted octanol–water partition coefficient (Wildman–Crippen LogP) is 13.7.